The Labute approximate surface area is 318 Å². The van der Waals surface area contributed by atoms with Crippen LogP contribution >= 0.6 is 11.3 Å². The van der Waals surface area contributed by atoms with Crippen molar-refractivity contribution >= 4 is 86.2 Å². The molecule has 0 bridgehead atoms. The zero-order valence-corrected chi connectivity index (χ0v) is 30.1. The lowest BCUT2D eigenvalue weighted by Gasteiger charge is -2.12. The monoisotopic (exact) mass is 720 g/mol. The van der Waals surface area contributed by atoms with Crippen molar-refractivity contribution in [3.8, 4) is 34.0 Å². The maximum atomic E-state index is 5.17. The molecule has 55 heavy (non-hydrogen) atoms. The Balaban J connectivity index is 1.19. The van der Waals surface area contributed by atoms with Crippen molar-refractivity contribution in [3.05, 3.63) is 170 Å². The van der Waals surface area contributed by atoms with Crippen LogP contribution in [0.4, 0.5) is 0 Å². The fourth-order valence-corrected chi connectivity index (χ4v) is 9.74. The lowest BCUT2D eigenvalue weighted by molar-refractivity contribution is 1.18. The molecule has 0 aliphatic rings. The highest BCUT2D eigenvalue weighted by Gasteiger charge is 2.27. The third-order valence-corrected chi connectivity index (χ3v) is 12.0. The number of hydrogen-bond acceptors (Lipinski definition) is 5. The summed E-state index contributed by atoms with van der Waals surface area (Å²) >= 11 is 1.77. The van der Waals surface area contributed by atoms with Crippen molar-refractivity contribution in [2.75, 3.05) is 0 Å². The Kier molecular flexibility index (Phi) is 6.40. The largest absolute Gasteiger partial charge is 0.309 e. The molecule has 0 N–H and O–H groups in total. The van der Waals surface area contributed by atoms with Gasteiger partial charge in [0.25, 0.3) is 0 Å². The molecule has 0 atom stereocenters. The summed E-state index contributed by atoms with van der Waals surface area (Å²) in [5.74, 6) is 0.700. The highest BCUT2D eigenvalue weighted by atomic mass is 32.1. The number of fused-ring (bicyclic) bond motifs is 13. The van der Waals surface area contributed by atoms with Crippen LogP contribution in [0.25, 0.3) is 109 Å². The van der Waals surface area contributed by atoms with Crippen LogP contribution in [0, 0.1) is 0 Å². The molecule has 0 saturated carbocycles. The first kappa shape index (κ1) is 30.3. The first-order chi connectivity index (χ1) is 27.3. The molecule has 0 spiro atoms. The first-order valence-corrected chi connectivity index (χ1v) is 19.1. The van der Waals surface area contributed by atoms with Crippen LogP contribution in [0.5, 0.6) is 0 Å². The van der Waals surface area contributed by atoms with Gasteiger partial charge in [-0.2, -0.15) is 0 Å². The summed E-state index contributed by atoms with van der Waals surface area (Å²) in [7, 11) is 0. The van der Waals surface area contributed by atoms with Crippen LogP contribution in [0.15, 0.2) is 170 Å². The lowest BCUT2D eigenvalue weighted by atomic mass is 10.0. The van der Waals surface area contributed by atoms with E-state index < -0.39 is 0 Å². The molecule has 0 aliphatic heterocycles. The van der Waals surface area contributed by atoms with E-state index in [2.05, 4.69) is 154 Å². The van der Waals surface area contributed by atoms with Gasteiger partial charge in [-0.1, -0.05) is 103 Å². The van der Waals surface area contributed by atoms with Gasteiger partial charge in [0.2, 0.25) is 0 Å². The topological polar surface area (TPSA) is 61.4 Å². The van der Waals surface area contributed by atoms with E-state index in [1.165, 1.54) is 31.8 Å². The average molecular weight is 721 g/mol. The van der Waals surface area contributed by atoms with Crippen molar-refractivity contribution in [2.24, 2.45) is 0 Å². The van der Waals surface area contributed by atoms with Gasteiger partial charge in [-0.3, -0.25) is 0 Å². The van der Waals surface area contributed by atoms with E-state index >= 15 is 0 Å². The van der Waals surface area contributed by atoms with Crippen LogP contribution in [-0.2, 0) is 0 Å². The van der Waals surface area contributed by atoms with E-state index in [9.17, 15) is 0 Å². The second-order valence-electron chi connectivity index (χ2n) is 13.9. The number of nitrogens with zero attached hydrogens (tertiary/aromatic N) is 6. The van der Waals surface area contributed by atoms with Crippen molar-refractivity contribution in [1.29, 1.82) is 0 Å². The molecule has 12 aromatic rings. The van der Waals surface area contributed by atoms with Crippen LogP contribution in [0.1, 0.15) is 0 Å². The molecular formula is C48H28N6S. The van der Waals surface area contributed by atoms with E-state index in [1.807, 2.05) is 24.4 Å². The Morgan fingerprint density at radius 3 is 1.85 bits per heavy atom. The Morgan fingerprint density at radius 2 is 1.09 bits per heavy atom. The Morgan fingerprint density at radius 1 is 0.473 bits per heavy atom. The smallest absolute Gasteiger partial charge is 0.160 e. The zero-order chi connectivity index (χ0) is 36.0. The Bertz CT molecular complexity index is 3470. The third kappa shape index (κ3) is 4.35. The molecule has 0 amide bonds. The van der Waals surface area contributed by atoms with Gasteiger partial charge in [-0.25, -0.2) is 19.9 Å². The van der Waals surface area contributed by atoms with Gasteiger partial charge < -0.3 is 9.13 Å². The second kappa shape index (κ2) is 11.6. The molecule has 12 rings (SSSR count). The van der Waals surface area contributed by atoms with E-state index in [0.29, 0.717) is 5.82 Å². The molecule has 5 heterocycles. The predicted molar refractivity (Wildman–Crippen MR) is 228 cm³/mol. The summed E-state index contributed by atoms with van der Waals surface area (Å²) < 4.78 is 7.16. The van der Waals surface area contributed by atoms with E-state index in [4.69, 9.17) is 15.0 Å². The van der Waals surface area contributed by atoms with Gasteiger partial charge in [0.15, 0.2) is 5.82 Å². The van der Waals surface area contributed by atoms with Gasteiger partial charge in [-0.15, -0.1) is 11.3 Å². The molecule has 0 radical (unpaired) electrons. The number of para-hydroxylation sites is 4. The zero-order valence-electron chi connectivity index (χ0n) is 29.3. The van der Waals surface area contributed by atoms with Gasteiger partial charge in [0.05, 0.1) is 48.2 Å². The molecule has 6 nitrogen and oxygen atoms in total. The van der Waals surface area contributed by atoms with Gasteiger partial charge in [0.1, 0.15) is 6.33 Å². The highest BCUT2D eigenvalue weighted by Crippen LogP contribution is 2.50. The van der Waals surface area contributed by atoms with Crippen molar-refractivity contribution in [2.45, 2.75) is 0 Å². The summed E-state index contributed by atoms with van der Waals surface area (Å²) in [4.78, 5) is 19.6. The second-order valence-corrected chi connectivity index (χ2v) is 14.9. The maximum absolute atomic E-state index is 5.17. The van der Waals surface area contributed by atoms with Crippen molar-refractivity contribution in [1.82, 2.24) is 29.1 Å². The van der Waals surface area contributed by atoms with Crippen molar-refractivity contribution < 1.29 is 0 Å². The fourth-order valence-electron chi connectivity index (χ4n) is 8.57. The van der Waals surface area contributed by atoms with Gasteiger partial charge in [-0.05, 0) is 54.6 Å². The lowest BCUT2D eigenvalue weighted by Crippen LogP contribution is -1.97. The summed E-state index contributed by atoms with van der Waals surface area (Å²) in [5.41, 5.74) is 11.7. The predicted octanol–water partition coefficient (Wildman–Crippen LogP) is 12.3. The summed E-state index contributed by atoms with van der Waals surface area (Å²) in [6, 6.07) is 55.6. The third-order valence-electron chi connectivity index (χ3n) is 10.9. The number of rotatable bonds is 4. The van der Waals surface area contributed by atoms with Crippen LogP contribution < -0.4 is 0 Å². The van der Waals surface area contributed by atoms with E-state index in [0.717, 1.165) is 71.3 Å². The maximum Gasteiger partial charge on any atom is 0.160 e. The minimum Gasteiger partial charge on any atom is -0.309 e. The molecule has 0 saturated heterocycles. The summed E-state index contributed by atoms with van der Waals surface area (Å²) in [6.07, 6.45) is 3.63. The first-order valence-electron chi connectivity index (χ1n) is 18.3. The normalized spacial score (nSPS) is 12.0. The van der Waals surface area contributed by atoms with E-state index in [-0.39, 0.29) is 0 Å². The molecule has 0 aliphatic carbocycles. The average Bonchev–Trinajstić information content (AvgIpc) is 3.92. The van der Waals surface area contributed by atoms with Gasteiger partial charge >= 0.3 is 0 Å². The van der Waals surface area contributed by atoms with Gasteiger partial charge in [0, 0.05) is 61.0 Å². The van der Waals surface area contributed by atoms with Crippen LogP contribution in [0.2, 0.25) is 0 Å². The number of benzene rings is 7. The standard InChI is InChI=1S/C48H28N6S/c1-3-13-29(14-4-1)43-33-17-7-10-20-36(33)51-48(52-43)30-23-25-32(26-24-30)53-37-21-11-8-18-34(37)40-42-44-39(27-49-28-50-44)55-47(42)46-41(45(40)53)35-19-9-12-22-38(35)54(46)31-15-5-2-6-16-31/h1-28H. The summed E-state index contributed by atoms with van der Waals surface area (Å²) in [6.45, 7) is 0. The molecule has 0 unspecified atom stereocenters. The highest BCUT2D eigenvalue weighted by molar-refractivity contribution is 7.26. The van der Waals surface area contributed by atoms with Crippen LogP contribution in [-0.4, -0.2) is 29.1 Å². The minimum absolute atomic E-state index is 0.700. The van der Waals surface area contributed by atoms with Crippen LogP contribution in [0.3, 0.4) is 0 Å². The Hall–Kier alpha value is -7.22. The van der Waals surface area contributed by atoms with E-state index in [1.54, 1.807) is 17.7 Å². The number of hydrogen-bond donors (Lipinski definition) is 0. The fraction of sp³-hybridized carbons (Fsp3) is 0. The molecule has 256 valence electrons. The molecular weight excluding hydrogens is 693 g/mol. The SMILES string of the molecule is c1ccc(-c2nc(-c3ccc(-n4c5ccccc5c5c6c7ncncc7sc6c6c(c7ccccc7n6-c6ccccc6)c54)cc3)nc3ccccc23)cc1. The molecule has 5 aromatic heterocycles. The molecule has 7 aromatic carbocycles. The molecule has 0 fully saturated rings. The quantitative estimate of drug-likeness (QED) is 0.182. The van der Waals surface area contributed by atoms with Crippen molar-refractivity contribution in [3.63, 3.8) is 0 Å². The minimum atomic E-state index is 0.700. The number of thiophene rings is 1. The molecule has 7 heteroatoms. The summed E-state index contributed by atoms with van der Waals surface area (Å²) in [5, 5.41) is 7.01. The number of aromatic nitrogens is 6.